The molecule has 1 aromatic heterocycles. The number of rotatable bonds is 8. The highest BCUT2D eigenvalue weighted by Crippen LogP contribution is 2.22. The Bertz CT molecular complexity index is 1240. The molecule has 0 amide bonds. The van der Waals surface area contributed by atoms with Crippen LogP contribution in [0.2, 0.25) is 0 Å². The van der Waals surface area contributed by atoms with Crippen molar-refractivity contribution in [3.8, 4) is 11.3 Å². The average molecular weight is 447 g/mol. The summed E-state index contributed by atoms with van der Waals surface area (Å²) in [6, 6.07) is 15.9. The highest BCUT2D eigenvalue weighted by molar-refractivity contribution is 7.89. The van der Waals surface area contributed by atoms with E-state index in [0.717, 1.165) is 5.56 Å². The number of aromatic nitrogens is 2. The van der Waals surface area contributed by atoms with Gasteiger partial charge in [-0.25, -0.2) is 31.5 Å². The molecular formula is C20H22N4O4S2. The summed E-state index contributed by atoms with van der Waals surface area (Å²) >= 11 is 0. The Morgan fingerprint density at radius 1 is 0.900 bits per heavy atom. The molecular weight excluding hydrogens is 424 g/mol. The fourth-order valence-electron chi connectivity index (χ4n) is 2.81. The van der Waals surface area contributed by atoms with Crippen molar-refractivity contribution in [3.05, 3.63) is 71.9 Å². The van der Waals surface area contributed by atoms with Crippen LogP contribution in [-0.2, 0) is 31.4 Å². The Kier molecular flexibility index (Phi) is 6.49. The van der Waals surface area contributed by atoms with Gasteiger partial charge in [-0.05, 0) is 42.4 Å². The van der Waals surface area contributed by atoms with Crippen molar-refractivity contribution in [2.45, 2.75) is 11.5 Å². The molecule has 0 atom stereocenters. The van der Waals surface area contributed by atoms with Crippen LogP contribution in [0.3, 0.4) is 0 Å². The Labute approximate surface area is 176 Å². The number of benzene rings is 2. The van der Waals surface area contributed by atoms with Crippen LogP contribution in [0.5, 0.6) is 0 Å². The van der Waals surface area contributed by atoms with Gasteiger partial charge in [0.1, 0.15) is 0 Å². The maximum atomic E-state index is 11.6. The van der Waals surface area contributed by atoms with E-state index in [9.17, 15) is 16.8 Å². The molecule has 10 heteroatoms. The van der Waals surface area contributed by atoms with E-state index in [2.05, 4.69) is 20.0 Å². The molecule has 0 fully saturated rings. The van der Waals surface area contributed by atoms with E-state index in [0.29, 0.717) is 28.5 Å². The number of nitrogens with one attached hydrogen (secondary N) is 2. The van der Waals surface area contributed by atoms with Crippen molar-refractivity contribution >= 4 is 31.5 Å². The molecule has 3 aromatic rings. The van der Waals surface area contributed by atoms with Gasteiger partial charge >= 0.3 is 0 Å². The first-order valence-corrected chi connectivity index (χ1v) is 12.7. The summed E-state index contributed by atoms with van der Waals surface area (Å²) in [4.78, 5) is 8.71. The number of hydrogen-bond donors (Lipinski definition) is 2. The minimum atomic E-state index is -3.33. The predicted octanol–water partition coefficient (Wildman–Crippen LogP) is 2.48. The lowest BCUT2D eigenvalue weighted by Crippen LogP contribution is -2.20. The van der Waals surface area contributed by atoms with Gasteiger partial charge in [0.05, 0.1) is 17.2 Å². The molecule has 0 radical (unpaired) electrons. The number of sulfonamides is 1. The zero-order valence-corrected chi connectivity index (χ0v) is 18.2. The van der Waals surface area contributed by atoms with Gasteiger partial charge in [-0.1, -0.05) is 30.3 Å². The molecule has 8 nitrogen and oxygen atoms in total. The second-order valence-corrected chi connectivity index (χ2v) is 10.9. The molecule has 0 saturated carbocycles. The van der Waals surface area contributed by atoms with Crippen LogP contribution in [0.15, 0.2) is 60.8 Å². The first-order chi connectivity index (χ1) is 14.1. The first kappa shape index (κ1) is 21.9. The number of nitrogens with zero attached hydrogens (tertiary/aromatic N) is 2. The Morgan fingerprint density at radius 2 is 1.63 bits per heavy atom. The van der Waals surface area contributed by atoms with Crippen molar-refractivity contribution in [3.63, 3.8) is 0 Å². The van der Waals surface area contributed by atoms with Gasteiger partial charge in [0.15, 0.2) is 9.84 Å². The van der Waals surface area contributed by atoms with E-state index < -0.39 is 19.9 Å². The number of anilines is 2. The normalized spacial score (nSPS) is 11.9. The molecule has 0 saturated heterocycles. The second-order valence-electron chi connectivity index (χ2n) is 6.82. The maximum Gasteiger partial charge on any atom is 0.227 e. The van der Waals surface area contributed by atoms with Gasteiger partial charge in [0.25, 0.3) is 0 Å². The maximum absolute atomic E-state index is 11.6. The highest BCUT2D eigenvalue weighted by Gasteiger charge is 2.10. The molecule has 0 aliphatic rings. The van der Waals surface area contributed by atoms with E-state index in [1.807, 2.05) is 6.07 Å². The number of hydrogen-bond acceptors (Lipinski definition) is 7. The fourth-order valence-corrected chi connectivity index (χ4v) is 4.37. The fraction of sp³-hybridized carbons (Fsp3) is 0.200. The van der Waals surface area contributed by atoms with Crippen LogP contribution in [0.4, 0.5) is 11.6 Å². The molecule has 158 valence electrons. The van der Waals surface area contributed by atoms with Crippen LogP contribution in [0, 0.1) is 0 Å². The van der Waals surface area contributed by atoms with Gasteiger partial charge in [-0.2, -0.15) is 0 Å². The van der Waals surface area contributed by atoms with Gasteiger partial charge in [-0.3, -0.25) is 0 Å². The van der Waals surface area contributed by atoms with Crippen molar-refractivity contribution in [1.82, 2.24) is 14.7 Å². The molecule has 0 aliphatic heterocycles. The summed E-state index contributed by atoms with van der Waals surface area (Å²) < 4.78 is 48.7. The van der Waals surface area contributed by atoms with Crippen LogP contribution in [-0.4, -0.2) is 40.1 Å². The molecule has 2 aromatic carbocycles. The van der Waals surface area contributed by atoms with Crippen molar-refractivity contribution in [2.24, 2.45) is 0 Å². The number of sulfone groups is 1. The SMILES string of the molecule is CNS(=O)(=O)Cc1ccc(Nc2nccc(-c3cccc(CS(C)(=O)=O)c3)n2)cc1. The van der Waals surface area contributed by atoms with Crippen LogP contribution < -0.4 is 10.0 Å². The van der Waals surface area contributed by atoms with Gasteiger partial charge < -0.3 is 5.32 Å². The standard InChI is InChI=1S/C20H22N4O4S2/c1-21-30(27,28)14-15-6-8-18(9-7-15)23-20-22-11-10-19(24-20)17-5-3-4-16(12-17)13-29(2,25)26/h3-12,21H,13-14H2,1-2H3,(H,22,23,24). The second kappa shape index (κ2) is 8.90. The lowest BCUT2D eigenvalue weighted by atomic mass is 10.1. The van der Waals surface area contributed by atoms with Crippen molar-refractivity contribution < 1.29 is 16.8 Å². The van der Waals surface area contributed by atoms with Crippen LogP contribution in [0.1, 0.15) is 11.1 Å². The molecule has 0 bridgehead atoms. The van der Waals surface area contributed by atoms with E-state index >= 15 is 0 Å². The van der Waals surface area contributed by atoms with Gasteiger partial charge in [0.2, 0.25) is 16.0 Å². The summed E-state index contributed by atoms with van der Waals surface area (Å²) in [5.41, 5.74) is 3.50. The molecule has 30 heavy (non-hydrogen) atoms. The van der Waals surface area contributed by atoms with Gasteiger partial charge in [0, 0.05) is 23.7 Å². The minimum Gasteiger partial charge on any atom is -0.324 e. The third-order valence-electron chi connectivity index (χ3n) is 4.18. The van der Waals surface area contributed by atoms with E-state index in [1.54, 1.807) is 54.7 Å². The molecule has 0 unspecified atom stereocenters. The predicted molar refractivity (Wildman–Crippen MR) is 117 cm³/mol. The van der Waals surface area contributed by atoms with Gasteiger partial charge in [-0.15, -0.1) is 0 Å². The minimum absolute atomic E-state index is 0.0351. The summed E-state index contributed by atoms with van der Waals surface area (Å²) in [6.45, 7) is 0. The molecule has 1 heterocycles. The smallest absolute Gasteiger partial charge is 0.227 e. The molecule has 2 N–H and O–H groups in total. The largest absolute Gasteiger partial charge is 0.324 e. The topological polar surface area (TPSA) is 118 Å². The first-order valence-electron chi connectivity index (χ1n) is 9.01. The summed E-state index contributed by atoms with van der Waals surface area (Å²) in [5, 5.41) is 3.09. The monoisotopic (exact) mass is 446 g/mol. The zero-order chi connectivity index (χ0) is 21.8. The molecule has 0 spiro atoms. The van der Waals surface area contributed by atoms with Crippen LogP contribution >= 0.6 is 0 Å². The van der Waals surface area contributed by atoms with Crippen molar-refractivity contribution in [2.75, 3.05) is 18.6 Å². The summed E-state index contributed by atoms with van der Waals surface area (Å²) in [6.07, 6.45) is 2.81. The quantitative estimate of drug-likeness (QED) is 0.546. The van der Waals surface area contributed by atoms with Crippen LogP contribution in [0.25, 0.3) is 11.3 Å². The van der Waals surface area contributed by atoms with E-state index in [1.165, 1.54) is 13.3 Å². The third-order valence-corrected chi connectivity index (χ3v) is 6.38. The lowest BCUT2D eigenvalue weighted by Gasteiger charge is -2.09. The highest BCUT2D eigenvalue weighted by atomic mass is 32.2. The summed E-state index contributed by atoms with van der Waals surface area (Å²) in [7, 11) is -5.08. The van der Waals surface area contributed by atoms with E-state index in [4.69, 9.17) is 0 Å². The third kappa shape index (κ3) is 6.34. The Balaban J connectivity index is 1.77. The molecule has 0 aliphatic carbocycles. The average Bonchev–Trinajstić information content (AvgIpc) is 2.68. The lowest BCUT2D eigenvalue weighted by molar-refractivity contribution is 0.587. The summed E-state index contributed by atoms with van der Waals surface area (Å²) in [5.74, 6) is 0.239. The Morgan fingerprint density at radius 3 is 2.30 bits per heavy atom. The molecule has 3 rings (SSSR count). The zero-order valence-electron chi connectivity index (χ0n) is 16.5. The van der Waals surface area contributed by atoms with Crippen molar-refractivity contribution in [1.29, 1.82) is 0 Å². The Hall–Kier alpha value is -2.82. The van der Waals surface area contributed by atoms with E-state index in [-0.39, 0.29) is 11.5 Å².